The van der Waals surface area contributed by atoms with Gasteiger partial charge in [0.25, 0.3) is 0 Å². The van der Waals surface area contributed by atoms with Gasteiger partial charge in [0.2, 0.25) is 0 Å². The Hall–Kier alpha value is -4.45. The number of rotatable bonds is 43. The Morgan fingerprint density at radius 3 is 1.19 bits per heavy atom. The molecule has 0 aliphatic carbocycles. The first kappa shape index (κ1) is 59.5. The van der Waals surface area contributed by atoms with E-state index in [0.717, 1.165) is 83.5 Å². The van der Waals surface area contributed by atoms with Gasteiger partial charge in [-0.15, -0.1) is 0 Å². The van der Waals surface area contributed by atoms with Crippen molar-refractivity contribution in [2.45, 2.75) is 200 Å². The van der Waals surface area contributed by atoms with Crippen molar-refractivity contribution < 1.29 is 28.6 Å². The number of carbonyl (C=O) groups excluding carboxylic acids is 3. The van der Waals surface area contributed by atoms with Gasteiger partial charge in [0.15, 0.2) is 6.10 Å². The summed E-state index contributed by atoms with van der Waals surface area (Å²) in [4.78, 5) is 37.9. The molecule has 6 heteroatoms. The Morgan fingerprint density at radius 2 is 0.703 bits per heavy atom. The molecular formula is C58H90O6. The highest BCUT2D eigenvalue weighted by Crippen LogP contribution is 2.12. The predicted octanol–water partition coefficient (Wildman–Crippen LogP) is 16.7. The molecule has 0 aromatic carbocycles. The second-order valence-corrected chi connectivity index (χ2v) is 16.1. The zero-order chi connectivity index (χ0) is 46.5. The van der Waals surface area contributed by atoms with Crippen LogP contribution in [0.3, 0.4) is 0 Å². The molecule has 6 nitrogen and oxygen atoms in total. The number of allylic oxidation sites excluding steroid dienone is 22. The fourth-order valence-electron chi connectivity index (χ4n) is 6.27. The molecule has 0 aliphatic rings. The van der Waals surface area contributed by atoms with Crippen LogP contribution >= 0.6 is 0 Å². The van der Waals surface area contributed by atoms with E-state index in [9.17, 15) is 14.4 Å². The van der Waals surface area contributed by atoms with Gasteiger partial charge in [-0.1, -0.05) is 212 Å². The molecule has 1 unspecified atom stereocenters. The summed E-state index contributed by atoms with van der Waals surface area (Å²) in [7, 11) is 0. The normalized spacial score (nSPS) is 13.2. The Kier molecular flexibility index (Phi) is 47.6. The van der Waals surface area contributed by atoms with E-state index in [4.69, 9.17) is 14.2 Å². The lowest BCUT2D eigenvalue weighted by molar-refractivity contribution is -0.167. The van der Waals surface area contributed by atoms with E-state index >= 15 is 0 Å². The minimum Gasteiger partial charge on any atom is -0.462 e. The van der Waals surface area contributed by atoms with Crippen LogP contribution in [0, 0.1) is 0 Å². The standard InChI is InChI=1S/C58H90O6/c1-4-7-10-13-16-19-22-25-27-29-31-33-36-39-42-45-48-51-57(60)63-54-55(53-62-56(59)50-47-44-41-38-35-32-24-21-18-15-12-9-6-3)64-58(61)52-49-46-43-40-37-34-30-28-26-23-20-17-14-11-8-5-2/h8-9,11-12,15,17-18,20-21,24-28,31-33,35,38-39,41-42,55H,4-7,10,13-14,16,19,22-23,29-30,34,36-37,40,43-54H2,1-3H3/b11-8-,12-9-,18-15-,20-17-,24-21-,27-25-,28-26-,33-31-,35-32-,41-38-,42-39-. The second kappa shape index (κ2) is 51.2. The highest BCUT2D eigenvalue weighted by atomic mass is 16.6. The van der Waals surface area contributed by atoms with E-state index in [1.165, 1.54) is 57.8 Å². The van der Waals surface area contributed by atoms with Crippen molar-refractivity contribution >= 4 is 17.9 Å². The van der Waals surface area contributed by atoms with Gasteiger partial charge in [-0.3, -0.25) is 14.4 Å². The smallest absolute Gasteiger partial charge is 0.306 e. The molecule has 0 spiro atoms. The highest BCUT2D eigenvalue weighted by molar-refractivity contribution is 5.71. The molecule has 0 N–H and O–H groups in total. The Morgan fingerprint density at radius 1 is 0.344 bits per heavy atom. The van der Waals surface area contributed by atoms with Crippen molar-refractivity contribution in [1.82, 2.24) is 0 Å². The lowest BCUT2D eigenvalue weighted by atomic mass is 10.1. The van der Waals surface area contributed by atoms with E-state index in [0.29, 0.717) is 12.8 Å². The lowest BCUT2D eigenvalue weighted by Gasteiger charge is -2.18. The quantitative estimate of drug-likeness (QED) is 0.0200. The van der Waals surface area contributed by atoms with Crippen LogP contribution in [0.1, 0.15) is 194 Å². The average molecular weight is 883 g/mol. The number of unbranched alkanes of at least 4 members (excludes halogenated alkanes) is 14. The topological polar surface area (TPSA) is 78.9 Å². The third-order valence-corrected chi connectivity index (χ3v) is 10.00. The number of hydrogen-bond donors (Lipinski definition) is 0. The van der Waals surface area contributed by atoms with Crippen molar-refractivity contribution in [1.29, 1.82) is 0 Å². The van der Waals surface area contributed by atoms with Crippen LogP contribution in [0.4, 0.5) is 0 Å². The van der Waals surface area contributed by atoms with Crippen molar-refractivity contribution in [2.75, 3.05) is 13.2 Å². The van der Waals surface area contributed by atoms with E-state index in [1.54, 1.807) is 0 Å². The zero-order valence-electron chi connectivity index (χ0n) is 40.7. The van der Waals surface area contributed by atoms with Gasteiger partial charge in [0, 0.05) is 19.3 Å². The SMILES string of the molecule is CC\C=C/C=C\C=C/C=C\C=C/CCCC(=O)OCC(COC(=O)CCC/C=C\C/C=C\C/C=C\CCCCCCCC)OC(=O)CCCCCCCC/C=C\C/C=C\C/C=C\CC. The first-order valence-electron chi connectivity index (χ1n) is 25.3. The van der Waals surface area contributed by atoms with E-state index in [-0.39, 0.29) is 50.4 Å². The summed E-state index contributed by atoms with van der Waals surface area (Å²) in [5, 5.41) is 0. The van der Waals surface area contributed by atoms with Gasteiger partial charge in [-0.2, -0.15) is 0 Å². The molecule has 0 fully saturated rings. The average Bonchev–Trinajstić information content (AvgIpc) is 3.29. The molecule has 0 aliphatic heterocycles. The summed E-state index contributed by atoms with van der Waals surface area (Å²) in [6, 6.07) is 0. The highest BCUT2D eigenvalue weighted by Gasteiger charge is 2.19. The molecule has 0 heterocycles. The summed E-state index contributed by atoms with van der Waals surface area (Å²) >= 11 is 0. The molecule has 0 rings (SSSR count). The van der Waals surface area contributed by atoms with Crippen LogP contribution in [0.25, 0.3) is 0 Å². The van der Waals surface area contributed by atoms with Crippen LogP contribution in [-0.4, -0.2) is 37.2 Å². The van der Waals surface area contributed by atoms with Gasteiger partial charge >= 0.3 is 17.9 Å². The molecule has 0 aromatic rings. The van der Waals surface area contributed by atoms with E-state index < -0.39 is 6.10 Å². The molecule has 0 saturated carbocycles. The number of ether oxygens (including phenoxy) is 3. The maximum atomic E-state index is 12.8. The summed E-state index contributed by atoms with van der Waals surface area (Å²) in [5.74, 6) is -1.08. The first-order chi connectivity index (χ1) is 31.5. The fourth-order valence-corrected chi connectivity index (χ4v) is 6.27. The second-order valence-electron chi connectivity index (χ2n) is 16.1. The molecule has 0 amide bonds. The third-order valence-electron chi connectivity index (χ3n) is 10.00. The Bertz CT molecular complexity index is 1430. The van der Waals surface area contributed by atoms with Crippen LogP contribution in [0.15, 0.2) is 134 Å². The number of carbonyl (C=O) groups is 3. The summed E-state index contributed by atoms with van der Waals surface area (Å²) < 4.78 is 16.7. The molecule has 358 valence electrons. The molecule has 0 bridgehead atoms. The molecular weight excluding hydrogens is 793 g/mol. The van der Waals surface area contributed by atoms with Gasteiger partial charge in [0.05, 0.1) is 0 Å². The van der Waals surface area contributed by atoms with Crippen LogP contribution in [-0.2, 0) is 28.6 Å². The first-order valence-corrected chi connectivity index (χ1v) is 25.3. The molecule has 0 saturated heterocycles. The van der Waals surface area contributed by atoms with Crippen LogP contribution < -0.4 is 0 Å². The van der Waals surface area contributed by atoms with Gasteiger partial charge in [-0.25, -0.2) is 0 Å². The summed E-state index contributed by atoms with van der Waals surface area (Å²) in [6.45, 7) is 6.23. The minimum absolute atomic E-state index is 0.137. The maximum absolute atomic E-state index is 12.8. The number of hydrogen-bond acceptors (Lipinski definition) is 6. The van der Waals surface area contributed by atoms with E-state index in [2.05, 4.69) is 99.8 Å². The summed E-state index contributed by atoms with van der Waals surface area (Å²) in [5.41, 5.74) is 0. The van der Waals surface area contributed by atoms with Crippen molar-refractivity contribution in [3.05, 3.63) is 134 Å². The largest absolute Gasteiger partial charge is 0.462 e. The van der Waals surface area contributed by atoms with Crippen molar-refractivity contribution in [2.24, 2.45) is 0 Å². The monoisotopic (exact) mass is 883 g/mol. The van der Waals surface area contributed by atoms with Gasteiger partial charge in [0.1, 0.15) is 13.2 Å². The van der Waals surface area contributed by atoms with E-state index in [1.807, 2.05) is 54.7 Å². The molecule has 0 radical (unpaired) electrons. The van der Waals surface area contributed by atoms with Crippen LogP contribution in [0.2, 0.25) is 0 Å². The molecule has 64 heavy (non-hydrogen) atoms. The van der Waals surface area contributed by atoms with Crippen LogP contribution in [0.5, 0.6) is 0 Å². The third kappa shape index (κ3) is 48.6. The summed E-state index contributed by atoms with van der Waals surface area (Å²) in [6.07, 6.45) is 71.6. The number of esters is 3. The van der Waals surface area contributed by atoms with Gasteiger partial charge in [-0.05, 0) is 96.3 Å². The lowest BCUT2D eigenvalue weighted by Crippen LogP contribution is -2.30. The Labute approximate surface area is 392 Å². The minimum atomic E-state index is -0.838. The zero-order valence-corrected chi connectivity index (χ0v) is 40.7. The molecule has 0 aromatic heterocycles. The predicted molar refractivity (Wildman–Crippen MR) is 274 cm³/mol. The van der Waals surface area contributed by atoms with Crippen molar-refractivity contribution in [3.8, 4) is 0 Å². The van der Waals surface area contributed by atoms with Crippen molar-refractivity contribution in [3.63, 3.8) is 0 Å². The molecule has 1 atom stereocenters. The fraction of sp³-hybridized carbons (Fsp3) is 0.569. The Balaban J connectivity index is 4.60. The van der Waals surface area contributed by atoms with Gasteiger partial charge < -0.3 is 14.2 Å². The maximum Gasteiger partial charge on any atom is 0.306 e.